The maximum atomic E-state index is 11.0. The molecule has 1 unspecified atom stereocenters. The SMILES string of the molecule is CC(N)C(=O)CCCCCC(=O)O.Cl. The van der Waals surface area contributed by atoms with Crippen molar-refractivity contribution in [2.45, 2.75) is 45.1 Å². The predicted molar refractivity (Wildman–Crippen MR) is 56.6 cm³/mol. The maximum Gasteiger partial charge on any atom is 0.303 e. The number of carboxylic acids is 1. The van der Waals surface area contributed by atoms with Crippen molar-refractivity contribution in [3.05, 3.63) is 0 Å². The van der Waals surface area contributed by atoms with Crippen molar-refractivity contribution in [1.29, 1.82) is 0 Å². The molecule has 0 fully saturated rings. The first-order chi connectivity index (χ1) is 6.04. The van der Waals surface area contributed by atoms with Crippen LogP contribution in [-0.2, 0) is 9.59 Å². The van der Waals surface area contributed by atoms with E-state index in [1.165, 1.54) is 0 Å². The molecule has 0 amide bonds. The summed E-state index contributed by atoms with van der Waals surface area (Å²) < 4.78 is 0. The van der Waals surface area contributed by atoms with Gasteiger partial charge in [0.25, 0.3) is 0 Å². The first-order valence-corrected chi connectivity index (χ1v) is 4.54. The fourth-order valence-corrected chi connectivity index (χ4v) is 0.980. The van der Waals surface area contributed by atoms with Gasteiger partial charge in [0, 0.05) is 12.8 Å². The molecule has 0 aliphatic carbocycles. The van der Waals surface area contributed by atoms with Gasteiger partial charge in [-0.3, -0.25) is 9.59 Å². The second-order valence-corrected chi connectivity index (χ2v) is 3.21. The minimum atomic E-state index is -0.779. The number of carboxylic acid groups (broad SMARTS) is 1. The summed E-state index contributed by atoms with van der Waals surface area (Å²) >= 11 is 0. The van der Waals surface area contributed by atoms with Gasteiger partial charge in [0.1, 0.15) is 5.78 Å². The van der Waals surface area contributed by atoms with Crippen LogP contribution in [-0.4, -0.2) is 22.9 Å². The van der Waals surface area contributed by atoms with Crippen molar-refractivity contribution in [3.8, 4) is 0 Å². The molecule has 0 aromatic rings. The van der Waals surface area contributed by atoms with Crippen LogP contribution < -0.4 is 5.73 Å². The van der Waals surface area contributed by atoms with E-state index in [0.29, 0.717) is 12.8 Å². The van der Waals surface area contributed by atoms with E-state index < -0.39 is 5.97 Å². The van der Waals surface area contributed by atoms with Crippen molar-refractivity contribution in [2.24, 2.45) is 5.73 Å². The number of carbonyl (C=O) groups excluding carboxylic acids is 1. The van der Waals surface area contributed by atoms with E-state index in [1.54, 1.807) is 6.92 Å². The largest absolute Gasteiger partial charge is 0.481 e. The van der Waals surface area contributed by atoms with Crippen LogP contribution in [0.1, 0.15) is 39.0 Å². The lowest BCUT2D eigenvalue weighted by Crippen LogP contribution is -2.26. The third-order valence-electron chi connectivity index (χ3n) is 1.82. The van der Waals surface area contributed by atoms with Gasteiger partial charge in [0.2, 0.25) is 0 Å². The third kappa shape index (κ3) is 9.48. The summed E-state index contributed by atoms with van der Waals surface area (Å²) in [7, 11) is 0. The van der Waals surface area contributed by atoms with E-state index >= 15 is 0 Å². The first-order valence-electron chi connectivity index (χ1n) is 4.54. The summed E-state index contributed by atoms with van der Waals surface area (Å²) in [6.07, 6.45) is 2.82. The average molecular weight is 224 g/mol. The second kappa shape index (κ2) is 8.97. The zero-order chi connectivity index (χ0) is 10.3. The number of carbonyl (C=O) groups is 2. The number of nitrogens with two attached hydrogens (primary N) is 1. The van der Waals surface area contributed by atoms with Crippen LogP contribution >= 0.6 is 12.4 Å². The minimum Gasteiger partial charge on any atom is -0.481 e. The summed E-state index contributed by atoms with van der Waals surface area (Å²) in [4.78, 5) is 21.1. The topological polar surface area (TPSA) is 80.4 Å². The molecule has 84 valence electrons. The van der Waals surface area contributed by atoms with Gasteiger partial charge >= 0.3 is 5.97 Å². The third-order valence-corrected chi connectivity index (χ3v) is 1.82. The second-order valence-electron chi connectivity index (χ2n) is 3.21. The average Bonchev–Trinajstić information content (AvgIpc) is 2.02. The number of hydrogen-bond donors (Lipinski definition) is 2. The van der Waals surface area contributed by atoms with E-state index in [1.807, 2.05) is 0 Å². The molecule has 0 aliphatic rings. The molecule has 0 radical (unpaired) electrons. The van der Waals surface area contributed by atoms with Crippen LogP contribution in [0.3, 0.4) is 0 Å². The number of aliphatic carboxylic acids is 1. The predicted octanol–water partition coefficient (Wildman–Crippen LogP) is 1.36. The highest BCUT2D eigenvalue weighted by Gasteiger charge is 2.06. The highest BCUT2D eigenvalue weighted by molar-refractivity contribution is 5.85. The van der Waals surface area contributed by atoms with E-state index in [0.717, 1.165) is 12.8 Å². The van der Waals surface area contributed by atoms with Crippen molar-refractivity contribution < 1.29 is 14.7 Å². The Kier molecular flexibility index (Phi) is 10.1. The lowest BCUT2D eigenvalue weighted by Gasteiger charge is -2.02. The number of rotatable bonds is 7. The molecule has 0 aliphatic heterocycles. The molecule has 0 heterocycles. The highest BCUT2D eigenvalue weighted by atomic mass is 35.5. The molecule has 4 nitrogen and oxygen atoms in total. The van der Waals surface area contributed by atoms with Crippen LogP contribution in [0.25, 0.3) is 0 Å². The van der Waals surface area contributed by atoms with E-state index in [2.05, 4.69) is 0 Å². The summed E-state index contributed by atoms with van der Waals surface area (Å²) in [5.41, 5.74) is 5.36. The van der Waals surface area contributed by atoms with Crippen molar-refractivity contribution in [1.82, 2.24) is 0 Å². The van der Waals surface area contributed by atoms with E-state index in [9.17, 15) is 9.59 Å². The lowest BCUT2D eigenvalue weighted by molar-refractivity contribution is -0.137. The Balaban J connectivity index is 0. The van der Waals surface area contributed by atoms with Gasteiger partial charge in [-0.2, -0.15) is 0 Å². The van der Waals surface area contributed by atoms with Crippen molar-refractivity contribution >= 4 is 24.2 Å². The van der Waals surface area contributed by atoms with E-state index in [4.69, 9.17) is 10.8 Å². The number of halogens is 1. The van der Waals surface area contributed by atoms with Gasteiger partial charge in [-0.25, -0.2) is 0 Å². The monoisotopic (exact) mass is 223 g/mol. The summed E-state index contributed by atoms with van der Waals surface area (Å²) in [5, 5.41) is 8.32. The summed E-state index contributed by atoms with van der Waals surface area (Å²) in [5.74, 6) is -0.728. The molecule has 3 N–H and O–H groups in total. The van der Waals surface area contributed by atoms with Gasteiger partial charge in [-0.1, -0.05) is 6.42 Å². The molecule has 1 atom stereocenters. The molecule has 14 heavy (non-hydrogen) atoms. The molecular weight excluding hydrogens is 206 g/mol. The fraction of sp³-hybridized carbons (Fsp3) is 0.778. The molecule has 0 spiro atoms. The molecule has 0 bridgehead atoms. The van der Waals surface area contributed by atoms with Crippen LogP contribution in [0.4, 0.5) is 0 Å². The highest BCUT2D eigenvalue weighted by Crippen LogP contribution is 2.04. The Labute approximate surface area is 90.3 Å². The molecule has 0 aromatic carbocycles. The number of hydrogen-bond acceptors (Lipinski definition) is 3. The van der Waals surface area contributed by atoms with Gasteiger partial charge in [-0.05, 0) is 19.8 Å². The summed E-state index contributed by atoms with van der Waals surface area (Å²) in [6.45, 7) is 1.67. The van der Waals surface area contributed by atoms with Gasteiger partial charge < -0.3 is 10.8 Å². The first kappa shape index (κ1) is 15.8. The standard InChI is InChI=1S/C9H17NO3.ClH/c1-7(10)8(11)5-3-2-4-6-9(12)13;/h7H,2-6,10H2,1H3,(H,12,13);1H. The fourth-order valence-electron chi connectivity index (χ4n) is 0.980. The van der Waals surface area contributed by atoms with Crippen LogP contribution in [0.2, 0.25) is 0 Å². The molecule has 0 aromatic heterocycles. The Morgan fingerprint density at radius 2 is 1.71 bits per heavy atom. The number of unbranched alkanes of at least 4 members (excludes halogenated alkanes) is 2. The van der Waals surface area contributed by atoms with Gasteiger partial charge in [0.15, 0.2) is 0 Å². The summed E-state index contributed by atoms with van der Waals surface area (Å²) in [6, 6.07) is -0.389. The van der Waals surface area contributed by atoms with Crippen molar-refractivity contribution in [3.63, 3.8) is 0 Å². The molecule has 0 rings (SSSR count). The van der Waals surface area contributed by atoms with Crippen LogP contribution in [0, 0.1) is 0 Å². The van der Waals surface area contributed by atoms with Gasteiger partial charge in [0.05, 0.1) is 6.04 Å². The van der Waals surface area contributed by atoms with Crippen molar-refractivity contribution in [2.75, 3.05) is 0 Å². The molecule has 5 heteroatoms. The Morgan fingerprint density at radius 1 is 1.21 bits per heavy atom. The lowest BCUT2D eigenvalue weighted by atomic mass is 10.1. The quantitative estimate of drug-likeness (QED) is 0.639. The Morgan fingerprint density at radius 3 is 2.14 bits per heavy atom. The Hall–Kier alpha value is -0.610. The minimum absolute atomic E-state index is 0. The Bertz CT molecular complexity index is 183. The molecular formula is C9H18ClNO3. The maximum absolute atomic E-state index is 11.0. The zero-order valence-electron chi connectivity index (χ0n) is 8.36. The smallest absolute Gasteiger partial charge is 0.303 e. The zero-order valence-corrected chi connectivity index (χ0v) is 9.18. The van der Waals surface area contributed by atoms with Gasteiger partial charge in [-0.15, -0.1) is 12.4 Å². The van der Waals surface area contributed by atoms with Crippen LogP contribution in [0.5, 0.6) is 0 Å². The number of ketones is 1. The van der Waals surface area contributed by atoms with Crippen LogP contribution in [0.15, 0.2) is 0 Å². The van der Waals surface area contributed by atoms with E-state index in [-0.39, 0.29) is 30.7 Å². The number of Topliss-reactive ketones (excluding diaryl/α,β-unsaturated/α-hetero) is 1. The normalized spacial score (nSPS) is 11.6. The molecule has 0 saturated heterocycles. The molecule has 0 saturated carbocycles.